The SMILES string of the molecule is O=C(O)CN(CC(=O)O)C(=O)[C@H]1Cc2ccccc2CN1. The Hall–Kier alpha value is -2.41. The molecule has 21 heavy (non-hydrogen) atoms. The molecule has 0 bridgehead atoms. The number of benzene rings is 1. The van der Waals surface area contributed by atoms with Crippen LogP contribution in [0.25, 0.3) is 0 Å². The topological polar surface area (TPSA) is 107 Å². The van der Waals surface area contributed by atoms with Crippen LogP contribution in [0.5, 0.6) is 0 Å². The zero-order valence-electron chi connectivity index (χ0n) is 11.3. The van der Waals surface area contributed by atoms with E-state index in [1.54, 1.807) is 0 Å². The second-order valence-electron chi connectivity index (χ2n) is 4.89. The van der Waals surface area contributed by atoms with Crippen molar-refractivity contribution in [1.82, 2.24) is 10.2 Å². The maximum Gasteiger partial charge on any atom is 0.323 e. The van der Waals surface area contributed by atoms with E-state index in [1.807, 2.05) is 24.3 Å². The molecule has 1 aliphatic rings. The van der Waals surface area contributed by atoms with Gasteiger partial charge in [0.05, 0.1) is 6.04 Å². The number of hydrogen-bond donors (Lipinski definition) is 3. The molecule has 0 saturated heterocycles. The lowest BCUT2D eigenvalue weighted by atomic mass is 9.95. The van der Waals surface area contributed by atoms with Gasteiger partial charge in [-0.15, -0.1) is 0 Å². The van der Waals surface area contributed by atoms with Crippen LogP contribution in [0.15, 0.2) is 24.3 Å². The Labute approximate surface area is 121 Å². The number of rotatable bonds is 5. The van der Waals surface area contributed by atoms with Crippen LogP contribution in [-0.4, -0.2) is 52.1 Å². The molecule has 0 saturated carbocycles. The molecule has 0 fully saturated rings. The molecule has 7 heteroatoms. The smallest absolute Gasteiger partial charge is 0.323 e. The third-order valence-corrected chi connectivity index (χ3v) is 3.34. The quantitative estimate of drug-likeness (QED) is 0.688. The number of carboxylic acid groups (broad SMARTS) is 2. The first-order chi connectivity index (χ1) is 9.97. The fraction of sp³-hybridized carbons (Fsp3) is 0.357. The Kier molecular flexibility index (Phi) is 4.54. The van der Waals surface area contributed by atoms with E-state index in [9.17, 15) is 14.4 Å². The maximum absolute atomic E-state index is 12.3. The Balaban J connectivity index is 2.11. The van der Waals surface area contributed by atoms with Crippen LogP contribution in [-0.2, 0) is 27.3 Å². The number of carbonyl (C=O) groups excluding carboxylic acids is 1. The molecule has 0 radical (unpaired) electrons. The molecule has 1 aromatic carbocycles. The Morgan fingerprint density at radius 3 is 2.24 bits per heavy atom. The first-order valence-electron chi connectivity index (χ1n) is 6.50. The van der Waals surface area contributed by atoms with Crippen LogP contribution in [0.2, 0.25) is 0 Å². The van der Waals surface area contributed by atoms with Crippen LogP contribution >= 0.6 is 0 Å². The zero-order chi connectivity index (χ0) is 15.4. The number of carbonyl (C=O) groups is 3. The Morgan fingerprint density at radius 1 is 1.10 bits per heavy atom. The molecule has 1 atom stereocenters. The van der Waals surface area contributed by atoms with Crippen molar-refractivity contribution in [2.45, 2.75) is 19.0 Å². The largest absolute Gasteiger partial charge is 0.480 e. The van der Waals surface area contributed by atoms with Gasteiger partial charge in [-0.1, -0.05) is 24.3 Å². The lowest BCUT2D eigenvalue weighted by molar-refractivity contribution is -0.150. The van der Waals surface area contributed by atoms with Gasteiger partial charge in [0, 0.05) is 6.54 Å². The van der Waals surface area contributed by atoms with Crippen LogP contribution in [0.4, 0.5) is 0 Å². The summed E-state index contributed by atoms with van der Waals surface area (Å²) in [5, 5.41) is 20.6. The van der Waals surface area contributed by atoms with E-state index in [0.29, 0.717) is 13.0 Å². The minimum absolute atomic E-state index is 0.421. The fourth-order valence-electron chi connectivity index (χ4n) is 2.39. The van der Waals surface area contributed by atoms with Gasteiger partial charge in [0.1, 0.15) is 13.1 Å². The molecule has 0 aliphatic carbocycles. The highest BCUT2D eigenvalue weighted by molar-refractivity contribution is 5.88. The number of fused-ring (bicyclic) bond motifs is 1. The van der Waals surface area contributed by atoms with Gasteiger partial charge in [-0.3, -0.25) is 14.4 Å². The summed E-state index contributed by atoms with van der Waals surface area (Å²) in [6.45, 7) is -0.740. The number of aliphatic carboxylic acids is 2. The van der Waals surface area contributed by atoms with E-state index < -0.39 is 37.0 Å². The molecular formula is C14H16N2O5. The molecule has 1 heterocycles. The van der Waals surface area contributed by atoms with Crippen LogP contribution < -0.4 is 5.32 Å². The number of amides is 1. The van der Waals surface area contributed by atoms with Crippen molar-refractivity contribution in [3.8, 4) is 0 Å². The summed E-state index contributed by atoms with van der Waals surface area (Å²) in [7, 11) is 0. The third kappa shape index (κ3) is 3.79. The Morgan fingerprint density at radius 2 is 1.67 bits per heavy atom. The van der Waals surface area contributed by atoms with Crippen LogP contribution in [0, 0.1) is 0 Å². The average molecular weight is 292 g/mol. The van der Waals surface area contributed by atoms with Gasteiger partial charge in [0.2, 0.25) is 5.91 Å². The highest BCUT2D eigenvalue weighted by Crippen LogP contribution is 2.17. The predicted octanol–water partition coefficient (Wildman–Crippen LogP) is -0.301. The Bertz CT molecular complexity index is 556. The van der Waals surface area contributed by atoms with E-state index in [2.05, 4.69) is 5.32 Å². The third-order valence-electron chi connectivity index (χ3n) is 3.34. The van der Waals surface area contributed by atoms with Gasteiger partial charge >= 0.3 is 11.9 Å². The van der Waals surface area contributed by atoms with Gasteiger partial charge < -0.3 is 20.4 Å². The highest BCUT2D eigenvalue weighted by Gasteiger charge is 2.29. The summed E-state index contributed by atoms with van der Waals surface area (Å²) >= 11 is 0. The van der Waals surface area contributed by atoms with Crippen LogP contribution in [0.3, 0.4) is 0 Å². The number of nitrogens with zero attached hydrogens (tertiary/aromatic N) is 1. The molecule has 2 rings (SSSR count). The van der Waals surface area contributed by atoms with Crippen molar-refractivity contribution < 1.29 is 24.6 Å². The van der Waals surface area contributed by atoms with E-state index >= 15 is 0 Å². The van der Waals surface area contributed by atoms with Gasteiger partial charge in [-0.25, -0.2) is 0 Å². The fourth-order valence-corrected chi connectivity index (χ4v) is 2.39. The van der Waals surface area contributed by atoms with E-state index in [-0.39, 0.29) is 0 Å². The first kappa shape index (κ1) is 15.0. The second kappa shape index (κ2) is 6.36. The average Bonchev–Trinajstić information content (AvgIpc) is 2.44. The molecule has 0 unspecified atom stereocenters. The molecule has 0 spiro atoms. The van der Waals surface area contributed by atoms with Crippen molar-refractivity contribution >= 4 is 17.8 Å². The molecule has 112 valence electrons. The summed E-state index contributed by atoms with van der Waals surface area (Å²) in [6, 6.07) is 7.05. The normalized spacial score (nSPS) is 16.9. The van der Waals surface area contributed by atoms with Crippen molar-refractivity contribution in [2.24, 2.45) is 0 Å². The second-order valence-corrected chi connectivity index (χ2v) is 4.89. The summed E-state index contributed by atoms with van der Waals surface area (Å²) in [4.78, 5) is 34.7. The van der Waals surface area contributed by atoms with Crippen LogP contribution in [0.1, 0.15) is 11.1 Å². The van der Waals surface area contributed by atoms with Crippen molar-refractivity contribution in [3.05, 3.63) is 35.4 Å². The number of hydrogen-bond acceptors (Lipinski definition) is 4. The van der Waals surface area contributed by atoms with Gasteiger partial charge in [0.25, 0.3) is 0 Å². The van der Waals surface area contributed by atoms with E-state index in [1.165, 1.54) is 0 Å². The number of carboxylic acids is 2. The van der Waals surface area contributed by atoms with Gasteiger partial charge in [0.15, 0.2) is 0 Å². The van der Waals surface area contributed by atoms with Gasteiger partial charge in [-0.2, -0.15) is 0 Å². The summed E-state index contributed by atoms with van der Waals surface area (Å²) in [6.07, 6.45) is 0.421. The molecule has 1 aliphatic heterocycles. The zero-order valence-corrected chi connectivity index (χ0v) is 11.3. The predicted molar refractivity (Wildman–Crippen MR) is 72.6 cm³/mol. The molecule has 1 aromatic rings. The highest BCUT2D eigenvalue weighted by atomic mass is 16.4. The van der Waals surface area contributed by atoms with E-state index in [4.69, 9.17) is 10.2 Å². The maximum atomic E-state index is 12.3. The molecule has 0 aromatic heterocycles. The summed E-state index contributed by atoms with van der Waals surface area (Å²) < 4.78 is 0. The van der Waals surface area contributed by atoms with Crippen molar-refractivity contribution in [3.63, 3.8) is 0 Å². The molecule has 1 amide bonds. The lowest BCUT2D eigenvalue weighted by Crippen LogP contribution is -2.52. The standard InChI is InChI=1S/C14H16N2O5/c17-12(18)7-16(8-13(19)20)14(21)11-5-9-3-1-2-4-10(9)6-15-11/h1-4,11,15H,5-8H2,(H,17,18)(H,19,20)/t11-/m1/s1. The minimum Gasteiger partial charge on any atom is -0.480 e. The summed E-state index contributed by atoms with van der Waals surface area (Å²) in [5.74, 6) is -2.98. The molecule has 3 N–H and O–H groups in total. The summed E-state index contributed by atoms with van der Waals surface area (Å²) in [5.41, 5.74) is 2.10. The molecule has 7 nitrogen and oxygen atoms in total. The monoisotopic (exact) mass is 292 g/mol. The lowest BCUT2D eigenvalue weighted by Gasteiger charge is -2.29. The number of nitrogens with one attached hydrogen (secondary N) is 1. The van der Waals surface area contributed by atoms with E-state index in [0.717, 1.165) is 16.0 Å². The molecular weight excluding hydrogens is 276 g/mol. The first-order valence-corrected chi connectivity index (χ1v) is 6.50. The van der Waals surface area contributed by atoms with Gasteiger partial charge in [-0.05, 0) is 17.5 Å². The van der Waals surface area contributed by atoms with Crippen molar-refractivity contribution in [2.75, 3.05) is 13.1 Å². The minimum atomic E-state index is -1.24. The van der Waals surface area contributed by atoms with Crippen molar-refractivity contribution in [1.29, 1.82) is 0 Å².